The number of unbranched alkanes of at least 4 members (excludes halogenated alkanes) is 27. The van der Waals surface area contributed by atoms with Gasteiger partial charge in [0.25, 0.3) is 0 Å². The third kappa shape index (κ3) is 27.3. The topological polar surface area (TPSA) is 72.2 Å². The molecule has 396 valence electrons. The average Bonchev–Trinajstić information content (AvgIpc) is 3.39. The molecule has 0 amide bonds. The highest BCUT2D eigenvalue weighted by atomic mass is 32.1. The summed E-state index contributed by atoms with van der Waals surface area (Å²) in [4.78, 5) is 0. The van der Waals surface area contributed by atoms with Gasteiger partial charge in [-0.15, -0.1) is 0 Å². The van der Waals surface area contributed by atoms with Crippen LogP contribution in [0.5, 0.6) is 0 Å². The highest BCUT2D eigenvalue weighted by Crippen LogP contribution is 2.34. The Morgan fingerprint density at radius 3 is 0.667 bits per heavy atom. The molecule has 72 heavy (non-hydrogen) atoms. The molecule has 0 aliphatic heterocycles. The summed E-state index contributed by atoms with van der Waals surface area (Å²) in [6.07, 6.45) is 39.8. The highest BCUT2D eigenvalue weighted by Gasteiger charge is 2.10. The molecular formula is C63H96N6S3. The van der Waals surface area contributed by atoms with E-state index in [1.54, 1.807) is 0 Å². The van der Waals surface area contributed by atoms with Gasteiger partial charge in [-0.3, -0.25) is 0 Å². The number of rotatable bonds is 39. The first-order chi connectivity index (χ1) is 35.4. The van der Waals surface area contributed by atoms with Gasteiger partial charge in [-0.05, 0) is 144 Å². The maximum absolute atomic E-state index is 5.69. The number of hydrogen-bond acceptors (Lipinski definition) is 3. The van der Waals surface area contributed by atoms with Crippen molar-refractivity contribution >= 4 is 69.1 Å². The predicted molar refractivity (Wildman–Crippen MR) is 331 cm³/mol. The molecule has 0 aliphatic carbocycles. The average molecular weight is 1030 g/mol. The molecule has 6 nitrogen and oxygen atoms in total. The molecule has 0 fully saturated rings. The molecule has 0 unspecified atom stereocenters. The molecule has 0 radical (unpaired) electrons. The molecule has 4 rings (SSSR count). The summed E-state index contributed by atoms with van der Waals surface area (Å²) in [5.74, 6) is 0. The number of benzene rings is 4. The molecule has 0 aliphatic rings. The Bertz CT molecular complexity index is 1790. The van der Waals surface area contributed by atoms with Crippen LogP contribution in [0.3, 0.4) is 0 Å². The lowest BCUT2D eigenvalue weighted by atomic mass is 9.93. The summed E-state index contributed by atoms with van der Waals surface area (Å²) in [7, 11) is 0. The van der Waals surface area contributed by atoms with Gasteiger partial charge < -0.3 is 31.9 Å². The quantitative estimate of drug-likeness (QED) is 0.0194. The Morgan fingerprint density at radius 1 is 0.264 bits per heavy atom. The van der Waals surface area contributed by atoms with Crippen LogP contribution < -0.4 is 31.9 Å². The molecule has 9 heteroatoms. The van der Waals surface area contributed by atoms with Crippen LogP contribution in [-0.4, -0.2) is 35.0 Å². The van der Waals surface area contributed by atoms with Crippen molar-refractivity contribution in [3.8, 4) is 33.4 Å². The van der Waals surface area contributed by atoms with E-state index in [-0.39, 0.29) is 0 Å². The molecule has 0 saturated heterocycles. The van der Waals surface area contributed by atoms with Crippen LogP contribution in [0.25, 0.3) is 33.4 Å². The first kappa shape index (κ1) is 60.5. The smallest absolute Gasteiger partial charge is 0.170 e. The minimum atomic E-state index is 0.676. The largest absolute Gasteiger partial charge is 0.362 e. The number of anilines is 3. The Hall–Kier alpha value is -4.05. The molecule has 0 heterocycles. The standard InChI is InChI=1S/C63H96N6S3/c1-4-7-10-13-16-19-22-25-28-31-46-64-61(70)67-58-40-34-52(35-41-58)55-49-56(53-36-42-59(43-37-53)68-62(71)65-47-32-29-26-23-20-17-14-11-8-5-2)51-57(50-55)54-38-44-60(45-39-54)69-63(72)66-48-33-30-27-24-21-18-15-12-9-6-3/h34-45,49-51H,4-33,46-48H2,1-3H3,(H2,64,67,70)(H2,65,68,71)(H2,66,69,72). The Labute approximate surface area is 455 Å². The Balaban J connectivity index is 1.33. The van der Waals surface area contributed by atoms with Gasteiger partial charge in [0.05, 0.1) is 0 Å². The van der Waals surface area contributed by atoms with Crippen molar-refractivity contribution in [1.29, 1.82) is 0 Å². The van der Waals surface area contributed by atoms with Crippen molar-refractivity contribution in [2.45, 2.75) is 213 Å². The summed E-state index contributed by atoms with van der Waals surface area (Å²) in [5, 5.41) is 22.5. The third-order valence-electron chi connectivity index (χ3n) is 13.8. The van der Waals surface area contributed by atoms with E-state index < -0.39 is 0 Å². The van der Waals surface area contributed by atoms with Gasteiger partial charge in [0, 0.05) is 36.7 Å². The second-order valence-corrected chi connectivity index (χ2v) is 21.4. The maximum atomic E-state index is 5.69. The van der Waals surface area contributed by atoms with E-state index in [9.17, 15) is 0 Å². The van der Waals surface area contributed by atoms with Crippen LogP contribution in [0.4, 0.5) is 17.1 Å². The van der Waals surface area contributed by atoms with Gasteiger partial charge in [0.1, 0.15) is 0 Å². The zero-order valence-corrected chi connectivity index (χ0v) is 47.7. The fourth-order valence-corrected chi connectivity index (χ4v) is 9.99. The molecule has 0 spiro atoms. The van der Waals surface area contributed by atoms with E-state index in [4.69, 9.17) is 36.7 Å². The summed E-state index contributed by atoms with van der Waals surface area (Å²) in [6.45, 7) is 9.54. The molecule has 0 atom stereocenters. The Morgan fingerprint density at radius 2 is 0.458 bits per heavy atom. The number of thiocarbonyl (C=S) groups is 3. The van der Waals surface area contributed by atoms with E-state index in [0.29, 0.717) is 15.3 Å². The maximum Gasteiger partial charge on any atom is 0.170 e. The summed E-state index contributed by atoms with van der Waals surface area (Å²) in [6, 6.07) is 32.7. The van der Waals surface area contributed by atoms with E-state index >= 15 is 0 Å². The zero-order valence-electron chi connectivity index (χ0n) is 45.2. The van der Waals surface area contributed by atoms with Crippen molar-refractivity contribution in [3.05, 3.63) is 91.0 Å². The van der Waals surface area contributed by atoms with Crippen molar-refractivity contribution in [2.75, 3.05) is 35.6 Å². The van der Waals surface area contributed by atoms with E-state index in [2.05, 4.69) is 144 Å². The third-order valence-corrected chi connectivity index (χ3v) is 14.5. The minimum Gasteiger partial charge on any atom is -0.362 e. The lowest BCUT2D eigenvalue weighted by Crippen LogP contribution is -2.29. The van der Waals surface area contributed by atoms with Gasteiger partial charge in [-0.25, -0.2) is 0 Å². The second-order valence-electron chi connectivity index (χ2n) is 20.2. The van der Waals surface area contributed by atoms with Crippen LogP contribution in [0.15, 0.2) is 91.0 Å². The van der Waals surface area contributed by atoms with Gasteiger partial charge in [0.2, 0.25) is 0 Å². The molecule has 0 aromatic heterocycles. The summed E-state index contributed by atoms with van der Waals surface area (Å²) >= 11 is 17.1. The minimum absolute atomic E-state index is 0.676. The number of hydrogen-bond donors (Lipinski definition) is 6. The molecule has 0 saturated carbocycles. The van der Waals surface area contributed by atoms with Crippen molar-refractivity contribution in [3.63, 3.8) is 0 Å². The van der Waals surface area contributed by atoms with Crippen LogP contribution in [-0.2, 0) is 0 Å². The first-order valence-corrected chi connectivity index (χ1v) is 30.2. The van der Waals surface area contributed by atoms with Gasteiger partial charge >= 0.3 is 0 Å². The second kappa shape index (κ2) is 39.4. The number of nitrogens with one attached hydrogen (secondary N) is 6. The van der Waals surface area contributed by atoms with Crippen LogP contribution in [0.1, 0.15) is 213 Å². The predicted octanol–water partition coefficient (Wildman–Crippen LogP) is 19.3. The lowest BCUT2D eigenvalue weighted by molar-refractivity contribution is 0.555. The first-order valence-electron chi connectivity index (χ1n) is 29.0. The monoisotopic (exact) mass is 1030 g/mol. The molecule has 4 aromatic carbocycles. The summed E-state index contributed by atoms with van der Waals surface area (Å²) in [5.41, 5.74) is 9.81. The van der Waals surface area contributed by atoms with Gasteiger partial charge in [-0.2, -0.15) is 0 Å². The van der Waals surface area contributed by atoms with Crippen molar-refractivity contribution < 1.29 is 0 Å². The molecule has 0 bridgehead atoms. The SMILES string of the molecule is CCCCCCCCCCCCNC(=S)Nc1ccc(-c2cc(-c3ccc(NC(=S)NCCCCCCCCCCCC)cc3)cc(-c3ccc(NC(=S)NCCCCCCCCCCCC)cc3)c2)cc1. The molecule has 6 N–H and O–H groups in total. The fraction of sp³-hybridized carbons (Fsp3) is 0.571. The van der Waals surface area contributed by atoms with Gasteiger partial charge in [0.15, 0.2) is 15.3 Å². The fourth-order valence-electron chi connectivity index (χ4n) is 9.33. The van der Waals surface area contributed by atoms with Crippen LogP contribution in [0, 0.1) is 0 Å². The van der Waals surface area contributed by atoms with Gasteiger partial charge in [-0.1, -0.05) is 231 Å². The van der Waals surface area contributed by atoms with Crippen molar-refractivity contribution in [1.82, 2.24) is 16.0 Å². The highest BCUT2D eigenvalue weighted by molar-refractivity contribution is 7.80. The van der Waals surface area contributed by atoms with Crippen molar-refractivity contribution in [2.24, 2.45) is 0 Å². The van der Waals surface area contributed by atoms with E-state index in [0.717, 1.165) is 89.3 Å². The summed E-state index contributed by atoms with van der Waals surface area (Å²) < 4.78 is 0. The van der Waals surface area contributed by atoms with Crippen LogP contribution in [0.2, 0.25) is 0 Å². The molecular weight excluding hydrogens is 937 g/mol. The van der Waals surface area contributed by atoms with E-state index in [1.165, 1.54) is 173 Å². The van der Waals surface area contributed by atoms with E-state index in [1.807, 2.05) is 0 Å². The molecule has 4 aromatic rings. The normalized spacial score (nSPS) is 11.0. The Kier molecular flexibility index (Phi) is 33.1. The van der Waals surface area contributed by atoms with Crippen LogP contribution >= 0.6 is 36.7 Å². The lowest BCUT2D eigenvalue weighted by Gasteiger charge is -2.15. The zero-order chi connectivity index (χ0) is 51.1.